The van der Waals surface area contributed by atoms with E-state index in [1.54, 1.807) is 6.07 Å². The molecule has 0 fully saturated rings. The number of hydrogen-bond donors (Lipinski definition) is 2. The molecule has 0 aliphatic rings. The molecule has 0 amide bonds. The maximum atomic E-state index is 12.7. The van der Waals surface area contributed by atoms with Crippen molar-refractivity contribution in [2.75, 3.05) is 6.54 Å². The number of benzene rings is 1. The lowest BCUT2D eigenvalue weighted by molar-refractivity contribution is 0.618. The van der Waals surface area contributed by atoms with Crippen LogP contribution >= 0.6 is 12.4 Å². The van der Waals surface area contributed by atoms with Crippen LogP contribution in [-0.4, -0.2) is 6.54 Å². The van der Waals surface area contributed by atoms with E-state index < -0.39 is 0 Å². The summed E-state index contributed by atoms with van der Waals surface area (Å²) in [7, 11) is 0. The van der Waals surface area contributed by atoms with Crippen LogP contribution in [0.5, 0.6) is 0 Å². The van der Waals surface area contributed by atoms with Gasteiger partial charge in [-0.25, -0.2) is 4.39 Å². The van der Waals surface area contributed by atoms with E-state index in [9.17, 15) is 4.39 Å². The van der Waals surface area contributed by atoms with Crippen molar-refractivity contribution >= 4 is 12.4 Å². The number of rotatable bonds is 3. The third kappa shape index (κ3) is 3.25. The third-order valence-electron chi connectivity index (χ3n) is 2.11. The van der Waals surface area contributed by atoms with E-state index in [1.165, 1.54) is 12.1 Å². The highest BCUT2D eigenvalue weighted by atomic mass is 35.5. The molecule has 0 heterocycles. The minimum absolute atomic E-state index is 0. The fraction of sp³-hybridized carbons (Fsp3) is 0.400. The number of nitrogens with two attached hydrogens (primary N) is 2. The van der Waals surface area contributed by atoms with E-state index in [0.717, 1.165) is 17.5 Å². The van der Waals surface area contributed by atoms with Gasteiger partial charge in [0.2, 0.25) is 0 Å². The lowest BCUT2D eigenvalue weighted by Gasteiger charge is -2.13. The zero-order valence-electron chi connectivity index (χ0n) is 8.16. The molecule has 1 atom stereocenters. The van der Waals surface area contributed by atoms with Gasteiger partial charge in [0.25, 0.3) is 0 Å². The van der Waals surface area contributed by atoms with Gasteiger partial charge < -0.3 is 11.5 Å². The minimum Gasteiger partial charge on any atom is -0.330 e. The molecule has 4 heteroatoms. The Morgan fingerprint density at radius 2 is 2.07 bits per heavy atom. The average molecular weight is 219 g/mol. The Balaban J connectivity index is 0.00000169. The van der Waals surface area contributed by atoms with Gasteiger partial charge in [-0.3, -0.25) is 0 Å². The number of hydrogen-bond acceptors (Lipinski definition) is 2. The zero-order chi connectivity index (χ0) is 9.84. The second-order valence-electron chi connectivity index (χ2n) is 3.18. The third-order valence-corrected chi connectivity index (χ3v) is 2.11. The quantitative estimate of drug-likeness (QED) is 0.814. The largest absolute Gasteiger partial charge is 0.330 e. The topological polar surface area (TPSA) is 52.0 Å². The van der Waals surface area contributed by atoms with Crippen molar-refractivity contribution in [2.45, 2.75) is 19.4 Å². The maximum absolute atomic E-state index is 12.7. The Morgan fingerprint density at radius 3 is 2.57 bits per heavy atom. The van der Waals surface area contributed by atoms with Crippen LogP contribution in [0.3, 0.4) is 0 Å². The highest BCUT2D eigenvalue weighted by Gasteiger charge is 2.07. The van der Waals surface area contributed by atoms with Gasteiger partial charge in [-0.1, -0.05) is 6.07 Å². The Kier molecular flexibility index (Phi) is 5.69. The fourth-order valence-corrected chi connectivity index (χ4v) is 1.39. The minimum atomic E-state index is -0.221. The van der Waals surface area contributed by atoms with Gasteiger partial charge in [0, 0.05) is 6.04 Å². The number of halogens is 2. The molecular formula is C10H16ClFN2. The molecule has 0 bridgehead atoms. The standard InChI is InChI=1S/C10H15FN2.ClH/c1-7-6-8(11)2-3-9(7)10(13)4-5-12;/h2-3,6,10H,4-5,12-13H2,1H3;1H/t10-;/m0./s1. The molecular weight excluding hydrogens is 203 g/mol. The predicted molar refractivity (Wildman–Crippen MR) is 59.0 cm³/mol. The lowest BCUT2D eigenvalue weighted by atomic mass is 9.99. The van der Waals surface area contributed by atoms with Crippen molar-refractivity contribution in [1.82, 2.24) is 0 Å². The van der Waals surface area contributed by atoms with Crippen LogP contribution in [0.4, 0.5) is 4.39 Å². The number of aryl methyl sites for hydroxylation is 1. The first-order valence-electron chi connectivity index (χ1n) is 4.37. The van der Waals surface area contributed by atoms with E-state index in [0.29, 0.717) is 6.54 Å². The summed E-state index contributed by atoms with van der Waals surface area (Å²) in [5.74, 6) is -0.221. The van der Waals surface area contributed by atoms with Crippen molar-refractivity contribution in [3.05, 3.63) is 35.1 Å². The molecule has 0 saturated carbocycles. The molecule has 1 aromatic rings. The summed E-state index contributed by atoms with van der Waals surface area (Å²) in [6, 6.07) is 4.57. The molecule has 14 heavy (non-hydrogen) atoms. The summed E-state index contributed by atoms with van der Waals surface area (Å²) in [5.41, 5.74) is 13.1. The van der Waals surface area contributed by atoms with Crippen molar-refractivity contribution in [2.24, 2.45) is 11.5 Å². The van der Waals surface area contributed by atoms with Gasteiger partial charge in [-0.15, -0.1) is 12.4 Å². The van der Waals surface area contributed by atoms with Gasteiger partial charge in [-0.05, 0) is 43.1 Å². The highest BCUT2D eigenvalue weighted by Crippen LogP contribution is 2.18. The molecule has 1 rings (SSSR count). The molecule has 0 radical (unpaired) electrons. The fourth-order valence-electron chi connectivity index (χ4n) is 1.39. The van der Waals surface area contributed by atoms with Gasteiger partial charge in [0.15, 0.2) is 0 Å². The first-order chi connectivity index (χ1) is 6.15. The summed E-state index contributed by atoms with van der Waals surface area (Å²) in [6.45, 7) is 2.41. The van der Waals surface area contributed by atoms with Gasteiger partial charge >= 0.3 is 0 Å². The molecule has 1 aromatic carbocycles. The van der Waals surface area contributed by atoms with Crippen molar-refractivity contribution in [3.63, 3.8) is 0 Å². The van der Waals surface area contributed by atoms with Crippen LogP contribution in [0.2, 0.25) is 0 Å². The van der Waals surface area contributed by atoms with Crippen LogP contribution in [0.25, 0.3) is 0 Å². The Labute approximate surface area is 89.9 Å². The van der Waals surface area contributed by atoms with Crippen LogP contribution < -0.4 is 11.5 Å². The van der Waals surface area contributed by atoms with Gasteiger partial charge in [-0.2, -0.15) is 0 Å². The first kappa shape index (κ1) is 13.4. The first-order valence-corrected chi connectivity index (χ1v) is 4.37. The lowest BCUT2D eigenvalue weighted by Crippen LogP contribution is -2.16. The molecule has 0 saturated heterocycles. The van der Waals surface area contributed by atoms with E-state index in [4.69, 9.17) is 11.5 Å². The van der Waals surface area contributed by atoms with Crippen LogP contribution in [0.1, 0.15) is 23.6 Å². The van der Waals surface area contributed by atoms with E-state index >= 15 is 0 Å². The monoisotopic (exact) mass is 218 g/mol. The van der Waals surface area contributed by atoms with Crippen molar-refractivity contribution in [1.29, 1.82) is 0 Å². The molecule has 0 spiro atoms. The normalized spacial score (nSPS) is 12.0. The van der Waals surface area contributed by atoms with Crippen LogP contribution in [0, 0.1) is 12.7 Å². The Hall–Kier alpha value is -0.640. The Morgan fingerprint density at radius 1 is 1.43 bits per heavy atom. The summed E-state index contributed by atoms with van der Waals surface area (Å²) in [4.78, 5) is 0. The molecule has 0 aliphatic heterocycles. The molecule has 2 nitrogen and oxygen atoms in total. The van der Waals surface area contributed by atoms with Crippen LogP contribution in [-0.2, 0) is 0 Å². The summed E-state index contributed by atoms with van der Waals surface area (Å²) < 4.78 is 12.7. The summed E-state index contributed by atoms with van der Waals surface area (Å²) in [6.07, 6.45) is 0.729. The zero-order valence-corrected chi connectivity index (χ0v) is 8.98. The smallest absolute Gasteiger partial charge is 0.123 e. The molecule has 0 unspecified atom stereocenters. The van der Waals surface area contributed by atoms with Gasteiger partial charge in [0.1, 0.15) is 5.82 Å². The molecule has 80 valence electrons. The molecule has 4 N–H and O–H groups in total. The maximum Gasteiger partial charge on any atom is 0.123 e. The van der Waals surface area contributed by atoms with Crippen molar-refractivity contribution < 1.29 is 4.39 Å². The SMILES string of the molecule is Cc1cc(F)ccc1[C@@H](N)CCN.Cl. The molecule has 0 aliphatic carbocycles. The van der Waals surface area contributed by atoms with Crippen molar-refractivity contribution in [3.8, 4) is 0 Å². The Bertz CT molecular complexity index is 291. The second kappa shape index (κ2) is 5.96. The second-order valence-corrected chi connectivity index (χ2v) is 3.18. The average Bonchev–Trinajstić information content (AvgIpc) is 2.04. The van der Waals surface area contributed by atoms with Gasteiger partial charge in [0.05, 0.1) is 0 Å². The highest BCUT2D eigenvalue weighted by molar-refractivity contribution is 5.85. The van der Waals surface area contributed by atoms with E-state index in [1.807, 2.05) is 6.92 Å². The van der Waals surface area contributed by atoms with Crippen LogP contribution in [0.15, 0.2) is 18.2 Å². The van der Waals surface area contributed by atoms with E-state index in [2.05, 4.69) is 0 Å². The van der Waals surface area contributed by atoms with E-state index in [-0.39, 0.29) is 24.3 Å². The summed E-state index contributed by atoms with van der Waals surface area (Å²) in [5, 5.41) is 0. The molecule has 0 aromatic heterocycles. The summed E-state index contributed by atoms with van der Waals surface area (Å²) >= 11 is 0. The predicted octanol–water partition coefficient (Wildman–Crippen LogP) is 1.90.